The van der Waals surface area contributed by atoms with E-state index in [0.717, 1.165) is 12.0 Å². The Hall–Kier alpha value is -2.04. The molecule has 0 bridgehead atoms. The van der Waals surface area contributed by atoms with Crippen molar-refractivity contribution in [1.29, 1.82) is 0 Å². The monoisotopic (exact) mass is 291 g/mol. The zero-order valence-corrected chi connectivity index (χ0v) is 12.5. The Labute approximate surface area is 124 Å². The van der Waals surface area contributed by atoms with Gasteiger partial charge in [0.1, 0.15) is 11.6 Å². The number of carboxylic acid groups (broad SMARTS) is 1. The molecular weight excluding hydrogens is 270 g/mol. The zero-order chi connectivity index (χ0) is 15.6. The number of carbonyl (C=O) groups is 2. The fraction of sp³-hybridized carbons (Fsp3) is 0.500. The smallest absolute Gasteiger partial charge is 0.408 e. The molecule has 1 amide bonds. The fourth-order valence-electron chi connectivity index (χ4n) is 2.45. The molecule has 0 spiro atoms. The van der Waals surface area contributed by atoms with E-state index in [0.29, 0.717) is 0 Å². The predicted molar refractivity (Wildman–Crippen MR) is 78.1 cm³/mol. The molecule has 0 aromatic heterocycles. The normalized spacial score (nSPS) is 22.2. The van der Waals surface area contributed by atoms with E-state index in [1.54, 1.807) is 20.8 Å². The first-order chi connectivity index (χ1) is 9.78. The molecule has 0 saturated heterocycles. The summed E-state index contributed by atoms with van der Waals surface area (Å²) in [5, 5.41) is 11.8. The van der Waals surface area contributed by atoms with Gasteiger partial charge in [0, 0.05) is 0 Å². The number of amides is 1. The van der Waals surface area contributed by atoms with Crippen LogP contribution in [-0.4, -0.2) is 28.8 Å². The Morgan fingerprint density at radius 1 is 1.29 bits per heavy atom. The van der Waals surface area contributed by atoms with Gasteiger partial charge in [0.05, 0.1) is 0 Å². The third kappa shape index (κ3) is 4.21. The highest BCUT2D eigenvalue weighted by molar-refractivity contribution is 5.81. The van der Waals surface area contributed by atoms with Crippen LogP contribution in [0.1, 0.15) is 38.7 Å². The van der Waals surface area contributed by atoms with E-state index in [2.05, 4.69) is 5.32 Å². The number of benzene rings is 1. The number of aliphatic carboxylic acids is 1. The lowest BCUT2D eigenvalue weighted by molar-refractivity contribution is -0.140. The van der Waals surface area contributed by atoms with Crippen LogP contribution in [0.3, 0.4) is 0 Å². The minimum atomic E-state index is -1.02. The van der Waals surface area contributed by atoms with Gasteiger partial charge in [0.15, 0.2) is 0 Å². The van der Waals surface area contributed by atoms with Gasteiger partial charge in [0.2, 0.25) is 0 Å². The topological polar surface area (TPSA) is 75.6 Å². The molecule has 1 aromatic carbocycles. The van der Waals surface area contributed by atoms with Crippen molar-refractivity contribution in [3.05, 3.63) is 35.9 Å². The Balaban J connectivity index is 1.99. The van der Waals surface area contributed by atoms with Crippen LogP contribution in [0.2, 0.25) is 0 Å². The SMILES string of the molecule is CC(C)(C)OC(=O)N[C@H](C(=O)O)[C@@H]1C[C@@H]1c1ccccc1. The number of rotatable bonds is 4. The molecule has 5 nitrogen and oxygen atoms in total. The van der Waals surface area contributed by atoms with Gasteiger partial charge in [-0.05, 0) is 44.6 Å². The average molecular weight is 291 g/mol. The highest BCUT2D eigenvalue weighted by Gasteiger charge is 2.48. The molecule has 2 rings (SSSR count). The van der Waals surface area contributed by atoms with Gasteiger partial charge in [-0.3, -0.25) is 0 Å². The predicted octanol–water partition coefficient (Wildman–Crippen LogP) is 2.77. The first kappa shape index (κ1) is 15.4. The molecule has 0 aliphatic heterocycles. The number of alkyl carbamates (subject to hydrolysis) is 1. The van der Waals surface area contributed by atoms with Crippen molar-refractivity contribution in [3.8, 4) is 0 Å². The molecule has 5 heteroatoms. The van der Waals surface area contributed by atoms with E-state index in [9.17, 15) is 14.7 Å². The van der Waals surface area contributed by atoms with Gasteiger partial charge in [0.25, 0.3) is 0 Å². The fourth-order valence-corrected chi connectivity index (χ4v) is 2.45. The number of hydrogen-bond donors (Lipinski definition) is 2. The molecule has 3 atom stereocenters. The maximum absolute atomic E-state index is 11.8. The summed E-state index contributed by atoms with van der Waals surface area (Å²) >= 11 is 0. The summed E-state index contributed by atoms with van der Waals surface area (Å²) in [6.07, 6.45) is 0.0742. The van der Waals surface area contributed by atoms with Crippen LogP contribution in [0.25, 0.3) is 0 Å². The third-order valence-corrected chi connectivity index (χ3v) is 3.43. The van der Waals surface area contributed by atoms with Crippen molar-refractivity contribution < 1.29 is 19.4 Å². The Kier molecular flexibility index (Phi) is 4.21. The molecule has 114 valence electrons. The van der Waals surface area contributed by atoms with E-state index >= 15 is 0 Å². The van der Waals surface area contributed by atoms with E-state index in [4.69, 9.17) is 4.74 Å². The van der Waals surface area contributed by atoms with Crippen molar-refractivity contribution in [1.82, 2.24) is 5.32 Å². The third-order valence-electron chi connectivity index (χ3n) is 3.43. The second kappa shape index (κ2) is 5.76. The molecule has 2 N–H and O–H groups in total. The molecule has 1 aliphatic carbocycles. The largest absolute Gasteiger partial charge is 0.480 e. The van der Waals surface area contributed by atoms with E-state index in [1.807, 2.05) is 30.3 Å². The highest BCUT2D eigenvalue weighted by Crippen LogP contribution is 2.49. The number of carbonyl (C=O) groups excluding carboxylic acids is 1. The second-order valence-electron chi connectivity index (χ2n) is 6.38. The van der Waals surface area contributed by atoms with Crippen LogP contribution in [0.15, 0.2) is 30.3 Å². The van der Waals surface area contributed by atoms with Crippen LogP contribution in [0.4, 0.5) is 4.79 Å². The summed E-state index contributed by atoms with van der Waals surface area (Å²) < 4.78 is 5.12. The first-order valence-electron chi connectivity index (χ1n) is 7.05. The summed E-state index contributed by atoms with van der Waals surface area (Å²) in [5.41, 5.74) is 0.468. The van der Waals surface area contributed by atoms with Gasteiger partial charge >= 0.3 is 12.1 Å². The van der Waals surface area contributed by atoms with Crippen LogP contribution in [-0.2, 0) is 9.53 Å². The van der Waals surface area contributed by atoms with Crippen molar-refractivity contribution in [2.45, 2.75) is 44.8 Å². The Bertz CT molecular complexity index is 521. The van der Waals surface area contributed by atoms with Gasteiger partial charge < -0.3 is 15.2 Å². The molecule has 1 fully saturated rings. The molecule has 1 saturated carbocycles. The van der Waals surface area contributed by atoms with Crippen LogP contribution < -0.4 is 5.32 Å². The molecule has 0 heterocycles. The van der Waals surface area contributed by atoms with Crippen LogP contribution >= 0.6 is 0 Å². The lowest BCUT2D eigenvalue weighted by atomic mass is 10.1. The van der Waals surface area contributed by atoms with Crippen LogP contribution in [0.5, 0.6) is 0 Å². The van der Waals surface area contributed by atoms with Crippen molar-refractivity contribution in [2.24, 2.45) is 5.92 Å². The summed E-state index contributed by atoms with van der Waals surface area (Å²) in [7, 11) is 0. The van der Waals surface area contributed by atoms with Gasteiger partial charge in [-0.15, -0.1) is 0 Å². The standard InChI is InChI=1S/C16H21NO4/c1-16(2,3)21-15(20)17-13(14(18)19)12-9-11(12)10-7-5-4-6-8-10/h4-8,11-13H,9H2,1-3H3,(H,17,20)(H,18,19)/t11-,12-,13+/m1/s1. The van der Waals surface area contributed by atoms with Crippen molar-refractivity contribution >= 4 is 12.1 Å². The highest BCUT2D eigenvalue weighted by atomic mass is 16.6. The molecule has 1 aliphatic rings. The summed E-state index contributed by atoms with van der Waals surface area (Å²) in [6, 6.07) is 8.84. The Morgan fingerprint density at radius 3 is 2.43 bits per heavy atom. The van der Waals surface area contributed by atoms with Crippen LogP contribution in [0, 0.1) is 5.92 Å². The van der Waals surface area contributed by atoms with E-state index < -0.39 is 23.7 Å². The van der Waals surface area contributed by atoms with Gasteiger partial charge in [-0.1, -0.05) is 30.3 Å². The van der Waals surface area contributed by atoms with E-state index in [1.165, 1.54) is 0 Å². The maximum atomic E-state index is 11.8. The number of carboxylic acids is 1. The lowest BCUT2D eigenvalue weighted by Crippen LogP contribution is -2.45. The first-order valence-corrected chi connectivity index (χ1v) is 7.05. The van der Waals surface area contributed by atoms with Gasteiger partial charge in [-0.25, -0.2) is 9.59 Å². The van der Waals surface area contributed by atoms with Gasteiger partial charge in [-0.2, -0.15) is 0 Å². The summed E-state index contributed by atoms with van der Waals surface area (Å²) in [5.74, 6) is -0.927. The Morgan fingerprint density at radius 2 is 1.90 bits per heavy atom. The minimum absolute atomic E-state index is 0.0857. The lowest BCUT2D eigenvalue weighted by Gasteiger charge is -2.22. The van der Waals surface area contributed by atoms with E-state index in [-0.39, 0.29) is 11.8 Å². The minimum Gasteiger partial charge on any atom is -0.480 e. The quantitative estimate of drug-likeness (QED) is 0.894. The average Bonchev–Trinajstić information content (AvgIpc) is 3.14. The van der Waals surface area contributed by atoms with Crippen molar-refractivity contribution in [3.63, 3.8) is 0 Å². The summed E-state index contributed by atoms with van der Waals surface area (Å²) in [4.78, 5) is 23.1. The molecule has 0 radical (unpaired) electrons. The molecular formula is C16H21NO4. The zero-order valence-electron chi connectivity index (χ0n) is 12.5. The molecule has 0 unspecified atom stereocenters. The maximum Gasteiger partial charge on any atom is 0.408 e. The number of hydrogen-bond acceptors (Lipinski definition) is 3. The number of ether oxygens (including phenoxy) is 1. The second-order valence-corrected chi connectivity index (χ2v) is 6.38. The van der Waals surface area contributed by atoms with Crippen molar-refractivity contribution in [2.75, 3.05) is 0 Å². The summed E-state index contributed by atoms with van der Waals surface area (Å²) in [6.45, 7) is 5.23. The number of nitrogens with one attached hydrogen (secondary N) is 1. The molecule has 21 heavy (non-hydrogen) atoms. The molecule has 1 aromatic rings.